The van der Waals surface area contributed by atoms with E-state index in [1.165, 1.54) is 0 Å². The Balaban J connectivity index is 1.76. The molecule has 2 fully saturated rings. The van der Waals surface area contributed by atoms with Gasteiger partial charge < -0.3 is 16.0 Å². The molecule has 0 spiro atoms. The summed E-state index contributed by atoms with van der Waals surface area (Å²) in [5.74, 6) is 2.04. The van der Waals surface area contributed by atoms with Crippen LogP contribution in [0.15, 0.2) is 0 Å². The van der Waals surface area contributed by atoms with Crippen molar-refractivity contribution in [2.75, 3.05) is 24.6 Å². The third kappa shape index (κ3) is 4.17. The normalized spacial score (nSPS) is 29.2. The molecule has 2 atom stereocenters. The molecule has 0 aliphatic carbocycles. The second-order valence-corrected chi connectivity index (χ2v) is 5.99. The summed E-state index contributed by atoms with van der Waals surface area (Å²) in [6.07, 6.45) is 3.21. The van der Waals surface area contributed by atoms with Crippen molar-refractivity contribution in [3.63, 3.8) is 0 Å². The molecule has 0 aromatic heterocycles. The SMILES string of the molecule is O=C(CC1CSCCN1)NC1CCCCNC1=O. The van der Waals surface area contributed by atoms with Gasteiger partial charge in [-0.05, 0) is 19.3 Å². The summed E-state index contributed by atoms with van der Waals surface area (Å²) >= 11 is 1.87. The molecule has 2 heterocycles. The van der Waals surface area contributed by atoms with Gasteiger partial charge in [0.05, 0.1) is 0 Å². The summed E-state index contributed by atoms with van der Waals surface area (Å²) in [5, 5.41) is 9.01. The maximum Gasteiger partial charge on any atom is 0.242 e. The first kappa shape index (κ1) is 13.7. The molecule has 3 N–H and O–H groups in total. The van der Waals surface area contributed by atoms with Crippen LogP contribution in [-0.4, -0.2) is 48.5 Å². The van der Waals surface area contributed by atoms with Gasteiger partial charge in [-0.1, -0.05) is 0 Å². The molecular weight excluding hydrogens is 250 g/mol. The van der Waals surface area contributed by atoms with Crippen molar-refractivity contribution in [3.05, 3.63) is 0 Å². The minimum absolute atomic E-state index is 0.0166. The van der Waals surface area contributed by atoms with Crippen LogP contribution in [0.5, 0.6) is 0 Å². The van der Waals surface area contributed by atoms with E-state index in [0.717, 1.165) is 43.9 Å². The number of hydrogen-bond donors (Lipinski definition) is 3. The second-order valence-electron chi connectivity index (χ2n) is 4.84. The van der Waals surface area contributed by atoms with Gasteiger partial charge >= 0.3 is 0 Å². The Morgan fingerprint density at radius 1 is 1.39 bits per heavy atom. The number of amides is 2. The topological polar surface area (TPSA) is 70.2 Å². The van der Waals surface area contributed by atoms with Crippen LogP contribution in [0.2, 0.25) is 0 Å². The van der Waals surface area contributed by atoms with Crippen molar-refractivity contribution < 1.29 is 9.59 Å². The summed E-state index contributed by atoms with van der Waals surface area (Å²) in [6.45, 7) is 1.69. The fourth-order valence-electron chi connectivity index (χ4n) is 2.30. The van der Waals surface area contributed by atoms with Gasteiger partial charge in [0.2, 0.25) is 11.8 Å². The van der Waals surface area contributed by atoms with E-state index < -0.39 is 0 Å². The number of carbonyl (C=O) groups is 2. The first-order chi connectivity index (χ1) is 8.75. The fraction of sp³-hybridized carbons (Fsp3) is 0.833. The Morgan fingerprint density at radius 3 is 3.06 bits per heavy atom. The van der Waals surface area contributed by atoms with Crippen molar-refractivity contribution in [1.82, 2.24) is 16.0 Å². The molecule has 0 saturated carbocycles. The number of thioether (sulfide) groups is 1. The molecule has 5 nitrogen and oxygen atoms in total. The fourth-order valence-corrected chi connectivity index (χ4v) is 3.25. The van der Waals surface area contributed by atoms with Gasteiger partial charge in [-0.15, -0.1) is 0 Å². The number of rotatable bonds is 3. The van der Waals surface area contributed by atoms with E-state index in [2.05, 4.69) is 16.0 Å². The van der Waals surface area contributed by atoms with Crippen LogP contribution in [0.1, 0.15) is 25.7 Å². The van der Waals surface area contributed by atoms with Gasteiger partial charge in [-0.25, -0.2) is 0 Å². The summed E-state index contributed by atoms with van der Waals surface area (Å²) in [5.41, 5.74) is 0. The molecule has 2 aliphatic heterocycles. The lowest BCUT2D eigenvalue weighted by Crippen LogP contribution is -2.48. The molecule has 2 aliphatic rings. The van der Waals surface area contributed by atoms with Crippen molar-refractivity contribution in [2.24, 2.45) is 0 Å². The predicted molar refractivity (Wildman–Crippen MR) is 72.5 cm³/mol. The van der Waals surface area contributed by atoms with E-state index in [-0.39, 0.29) is 23.9 Å². The smallest absolute Gasteiger partial charge is 0.242 e. The Morgan fingerprint density at radius 2 is 2.28 bits per heavy atom. The molecule has 2 rings (SSSR count). The molecule has 18 heavy (non-hydrogen) atoms. The first-order valence-corrected chi connectivity index (χ1v) is 7.79. The third-order valence-electron chi connectivity index (χ3n) is 3.30. The summed E-state index contributed by atoms with van der Waals surface area (Å²) in [6, 6.07) is -0.0890. The highest BCUT2D eigenvalue weighted by Crippen LogP contribution is 2.11. The predicted octanol–water partition coefficient (Wildman–Crippen LogP) is -0.134. The highest BCUT2D eigenvalue weighted by molar-refractivity contribution is 7.99. The molecule has 0 radical (unpaired) electrons. The first-order valence-electron chi connectivity index (χ1n) is 6.64. The van der Waals surface area contributed by atoms with Gasteiger partial charge in [0, 0.05) is 37.1 Å². The van der Waals surface area contributed by atoms with Crippen molar-refractivity contribution >= 4 is 23.6 Å². The van der Waals surface area contributed by atoms with Crippen molar-refractivity contribution in [1.29, 1.82) is 0 Å². The van der Waals surface area contributed by atoms with Crippen LogP contribution >= 0.6 is 11.8 Å². The Labute approximate surface area is 112 Å². The Hall–Kier alpha value is -0.750. The van der Waals surface area contributed by atoms with Gasteiger partial charge in [0.1, 0.15) is 6.04 Å². The lowest BCUT2D eigenvalue weighted by Gasteiger charge is -2.23. The molecule has 2 amide bonds. The van der Waals surface area contributed by atoms with Crippen molar-refractivity contribution in [3.8, 4) is 0 Å². The Bertz CT molecular complexity index is 306. The zero-order valence-electron chi connectivity index (χ0n) is 10.5. The van der Waals surface area contributed by atoms with Gasteiger partial charge in [-0.2, -0.15) is 11.8 Å². The molecule has 0 aromatic carbocycles. The van der Waals surface area contributed by atoms with Crippen LogP contribution in [0.3, 0.4) is 0 Å². The maximum absolute atomic E-state index is 11.9. The van der Waals surface area contributed by atoms with Crippen LogP contribution in [0.4, 0.5) is 0 Å². The average Bonchev–Trinajstić information content (AvgIpc) is 2.56. The minimum Gasteiger partial charge on any atom is -0.354 e. The van der Waals surface area contributed by atoms with Gasteiger partial charge in [0.15, 0.2) is 0 Å². The minimum atomic E-state index is -0.337. The number of nitrogens with one attached hydrogen (secondary N) is 3. The zero-order valence-corrected chi connectivity index (χ0v) is 11.4. The molecule has 102 valence electrons. The molecule has 2 unspecified atom stereocenters. The quantitative estimate of drug-likeness (QED) is 0.668. The molecule has 6 heteroatoms. The van der Waals surface area contributed by atoms with E-state index in [4.69, 9.17) is 0 Å². The monoisotopic (exact) mass is 271 g/mol. The van der Waals surface area contributed by atoms with E-state index in [1.54, 1.807) is 0 Å². The standard InChI is InChI=1S/C12H21N3O2S/c16-11(7-9-8-18-6-5-13-9)15-10-3-1-2-4-14-12(10)17/h9-10,13H,1-8H2,(H,14,17)(H,15,16). The lowest BCUT2D eigenvalue weighted by molar-refractivity contribution is -0.129. The number of carbonyl (C=O) groups excluding carboxylic acids is 2. The molecule has 0 aromatic rings. The van der Waals surface area contributed by atoms with E-state index in [0.29, 0.717) is 6.42 Å². The summed E-state index contributed by atoms with van der Waals surface area (Å²) in [7, 11) is 0. The highest BCUT2D eigenvalue weighted by Gasteiger charge is 2.24. The summed E-state index contributed by atoms with van der Waals surface area (Å²) in [4.78, 5) is 23.6. The van der Waals surface area contributed by atoms with Gasteiger partial charge in [0.25, 0.3) is 0 Å². The third-order valence-corrected chi connectivity index (χ3v) is 4.43. The Kier molecular flexibility index (Phi) is 5.31. The lowest BCUT2D eigenvalue weighted by atomic mass is 10.1. The van der Waals surface area contributed by atoms with E-state index >= 15 is 0 Å². The molecule has 0 bridgehead atoms. The average molecular weight is 271 g/mol. The van der Waals surface area contributed by atoms with Crippen LogP contribution < -0.4 is 16.0 Å². The van der Waals surface area contributed by atoms with Crippen LogP contribution in [-0.2, 0) is 9.59 Å². The van der Waals surface area contributed by atoms with Gasteiger partial charge in [-0.3, -0.25) is 9.59 Å². The second kappa shape index (κ2) is 6.99. The maximum atomic E-state index is 11.9. The van der Waals surface area contributed by atoms with Crippen LogP contribution in [0, 0.1) is 0 Å². The zero-order chi connectivity index (χ0) is 12.8. The van der Waals surface area contributed by atoms with E-state index in [9.17, 15) is 9.59 Å². The molecule has 2 saturated heterocycles. The van der Waals surface area contributed by atoms with E-state index in [1.807, 2.05) is 11.8 Å². The van der Waals surface area contributed by atoms with Crippen LogP contribution in [0.25, 0.3) is 0 Å². The largest absolute Gasteiger partial charge is 0.354 e. The molecular formula is C12H21N3O2S. The number of hydrogen-bond acceptors (Lipinski definition) is 4. The van der Waals surface area contributed by atoms with Crippen molar-refractivity contribution in [2.45, 2.75) is 37.8 Å². The highest BCUT2D eigenvalue weighted by atomic mass is 32.2. The summed E-state index contributed by atoms with van der Waals surface area (Å²) < 4.78 is 0.